The Morgan fingerprint density at radius 2 is 1.94 bits per heavy atom. The number of carboxylic acids is 1. The molecule has 0 radical (unpaired) electrons. The van der Waals surface area contributed by atoms with Gasteiger partial charge in [0, 0.05) is 12.0 Å². The summed E-state index contributed by atoms with van der Waals surface area (Å²) in [6, 6.07) is 10.4. The largest absolute Gasteiger partial charge is 0.481 e. The number of carbonyl (C=O) groups is 1. The minimum atomic E-state index is -0.723. The molecule has 3 nitrogen and oxygen atoms in total. The van der Waals surface area contributed by atoms with Crippen LogP contribution in [0.25, 0.3) is 0 Å². The topological polar surface area (TPSA) is 49.3 Å². The smallest absolute Gasteiger partial charge is 0.303 e. The van der Waals surface area contributed by atoms with Gasteiger partial charge < -0.3 is 10.4 Å². The standard InChI is InChI=1S/C15H23NO2/c1-15(2,16-12-6-9-14(17)18)11-10-13-7-4-3-5-8-13/h3-5,7-8,16H,6,9-12H2,1-2H3,(H,17,18). The van der Waals surface area contributed by atoms with Crippen LogP contribution in [-0.4, -0.2) is 23.2 Å². The van der Waals surface area contributed by atoms with Crippen molar-refractivity contribution in [2.75, 3.05) is 6.54 Å². The summed E-state index contributed by atoms with van der Waals surface area (Å²) in [5.74, 6) is -0.723. The Balaban J connectivity index is 2.24. The van der Waals surface area contributed by atoms with Crippen LogP contribution in [0.3, 0.4) is 0 Å². The van der Waals surface area contributed by atoms with Crippen LogP contribution in [0.15, 0.2) is 30.3 Å². The lowest BCUT2D eigenvalue weighted by Gasteiger charge is -2.26. The van der Waals surface area contributed by atoms with E-state index in [0.29, 0.717) is 6.42 Å². The first-order chi connectivity index (χ1) is 8.49. The SMILES string of the molecule is CC(C)(CCc1ccccc1)NCCCC(=O)O. The second-order valence-corrected chi connectivity index (χ2v) is 5.29. The van der Waals surface area contributed by atoms with Crippen LogP contribution in [0.2, 0.25) is 0 Å². The molecule has 0 heterocycles. The summed E-state index contributed by atoms with van der Waals surface area (Å²) in [5, 5.41) is 12.0. The summed E-state index contributed by atoms with van der Waals surface area (Å²) in [6.45, 7) is 5.08. The Hall–Kier alpha value is -1.35. The average Bonchev–Trinajstić information content (AvgIpc) is 2.34. The summed E-state index contributed by atoms with van der Waals surface area (Å²) >= 11 is 0. The van der Waals surface area contributed by atoms with Gasteiger partial charge >= 0.3 is 5.97 Å². The molecule has 0 aliphatic carbocycles. The van der Waals surface area contributed by atoms with E-state index < -0.39 is 5.97 Å². The highest BCUT2D eigenvalue weighted by molar-refractivity contribution is 5.66. The minimum Gasteiger partial charge on any atom is -0.481 e. The lowest BCUT2D eigenvalue weighted by Crippen LogP contribution is -2.40. The number of carboxylic acid groups (broad SMARTS) is 1. The van der Waals surface area contributed by atoms with Gasteiger partial charge in [0.25, 0.3) is 0 Å². The molecular weight excluding hydrogens is 226 g/mol. The maximum atomic E-state index is 10.4. The van der Waals surface area contributed by atoms with Crippen molar-refractivity contribution in [1.82, 2.24) is 5.32 Å². The van der Waals surface area contributed by atoms with Gasteiger partial charge in [0.1, 0.15) is 0 Å². The predicted octanol–water partition coefficient (Wildman–Crippen LogP) is 2.85. The lowest BCUT2D eigenvalue weighted by molar-refractivity contribution is -0.137. The van der Waals surface area contributed by atoms with Gasteiger partial charge in [-0.15, -0.1) is 0 Å². The fourth-order valence-corrected chi connectivity index (χ4v) is 1.86. The Morgan fingerprint density at radius 3 is 2.56 bits per heavy atom. The minimum absolute atomic E-state index is 0.0499. The first-order valence-corrected chi connectivity index (χ1v) is 6.50. The molecule has 0 aliphatic rings. The number of aliphatic carboxylic acids is 1. The summed E-state index contributed by atoms with van der Waals surface area (Å²) in [6.07, 6.45) is 3.01. The zero-order chi connectivity index (χ0) is 13.4. The van der Waals surface area contributed by atoms with Gasteiger partial charge in [-0.25, -0.2) is 0 Å². The zero-order valence-electron chi connectivity index (χ0n) is 11.3. The summed E-state index contributed by atoms with van der Waals surface area (Å²) < 4.78 is 0. The molecule has 3 heteroatoms. The molecule has 100 valence electrons. The fraction of sp³-hybridized carbons (Fsp3) is 0.533. The molecule has 0 aliphatic heterocycles. The van der Waals surface area contributed by atoms with Crippen molar-refractivity contribution < 1.29 is 9.90 Å². The first-order valence-electron chi connectivity index (χ1n) is 6.50. The molecule has 18 heavy (non-hydrogen) atoms. The molecule has 0 saturated carbocycles. The molecule has 1 rings (SSSR count). The maximum absolute atomic E-state index is 10.4. The lowest BCUT2D eigenvalue weighted by atomic mass is 9.95. The van der Waals surface area contributed by atoms with E-state index >= 15 is 0 Å². The number of hydrogen-bond donors (Lipinski definition) is 2. The van der Waals surface area contributed by atoms with E-state index in [1.807, 2.05) is 6.07 Å². The average molecular weight is 249 g/mol. The second-order valence-electron chi connectivity index (χ2n) is 5.29. The monoisotopic (exact) mass is 249 g/mol. The van der Waals surface area contributed by atoms with E-state index in [9.17, 15) is 4.79 Å². The van der Waals surface area contributed by atoms with Crippen LogP contribution >= 0.6 is 0 Å². The molecule has 0 amide bonds. The van der Waals surface area contributed by atoms with Gasteiger partial charge in [0.15, 0.2) is 0 Å². The van der Waals surface area contributed by atoms with Crippen molar-refractivity contribution in [2.24, 2.45) is 0 Å². The van der Waals surface area contributed by atoms with E-state index in [-0.39, 0.29) is 12.0 Å². The number of nitrogens with one attached hydrogen (secondary N) is 1. The van der Waals surface area contributed by atoms with Crippen LogP contribution in [-0.2, 0) is 11.2 Å². The van der Waals surface area contributed by atoms with Crippen LogP contribution < -0.4 is 5.32 Å². The van der Waals surface area contributed by atoms with Gasteiger partial charge in [-0.05, 0) is 45.2 Å². The molecule has 2 N–H and O–H groups in total. The number of rotatable bonds is 8. The maximum Gasteiger partial charge on any atom is 0.303 e. The molecular formula is C15H23NO2. The Kier molecular flexibility index (Phi) is 5.86. The van der Waals surface area contributed by atoms with Gasteiger partial charge in [-0.1, -0.05) is 30.3 Å². The third-order valence-corrected chi connectivity index (χ3v) is 3.05. The Labute approximate surface area is 109 Å². The third kappa shape index (κ3) is 6.40. The molecule has 0 saturated heterocycles. The van der Waals surface area contributed by atoms with Crippen LogP contribution in [0, 0.1) is 0 Å². The highest BCUT2D eigenvalue weighted by Crippen LogP contribution is 2.13. The van der Waals surface area contributed by atoms with Gasteiger partial charge in [-0.2, -0.15) is 0 Å². The summed E-state index contributed by atoms with van der Waals surface area (Å²) in [5.41, 5.74) is 1.40. The van der Waals surface area contributed by atoms with Crippen molar-refractivity contribution in [3.63, 3.8) is 0 Å². The van der Waals surface area contributed by atoms with E-state index in [2.05, 4.69) is 43.4 Å². The molecule has 1 aromatic carbocycles. The summed E-state index contributed by atoms with van der Waals surface area (Å²) in [4.78, 5) is 10.4. The van der Waals surface area contributed by atoms with Crippen LogP contribution in [0.1, 0.15) is 38.7 Å². The van der Waals surface area contributed by atoms with Crippen molar-refractivity contribution in [2.45, 2.75) is 45.1 Å². The third-order valence-electron chi connectivity index (χ3n) is 3.05. The van der Waals surface area contributed by atoms with Crippen LogP contribution in [0.5, 0.6) is 0 Å². The molecule has 0 aromatic heterocycles. The number of aryl methyl sites for hydroxylation is 1. The normalized spacial score (nSPS) is 11.4. The van der Waals surface area contributed by atoms with E-state index in [1.54, 1.807) is 0 Å². The Morgan fingerprint density at radius 1 is 1.28 bits per heavy atom. The zero-order valence-corrected chi connectivity index (χ0v) is 11.3. The van der Waals surface area contributed by atoms with Gasteiger partial charge in [0.05, 0.1) is 0 Å². The number of benzene rings is 1. The quantitative estimate of drug-likeness (QED) is 0.696. The second kappa shape index (κ2) is 7.17. The van der Waals surface area contributed by atoms with Crippen molar-refractivity contribution >= 4 is 5.97 Å². The highest BCUT2D eigenvalue weighted by Gasteiger charge is 2.16. The van der Waals surface area contributed by atoms with Crippen molar-refractivity contribution in [3.8, 4) is 0 Å². The van der Waals surface area contributed by atoms with E-state index in [0.717, 1.165) is 19.4 Å². The molecule has 0 atom stereocenters. The molecule has 1 aromatic rings. The van der Waals surface area contributed by atoms with E-state index in [4.69, 9.17) is 5.11 Å². The molecule has 0 bridgehead atoms. The molecule has 0 fully saturated rings. The first kappa shape index (κ1) is 14.7. The fourth-order valence-electron chi connectivity index (χ4n) is 1.86. The predicted molar refractivity (Wildman–Crippen MR) is 73.7 cm³/mol. The van der Waals surface area contributed by atoms with Gasteiger partial charge in [0.2, 0.25) is 0 Å². The van der Waals surface area contributed by atoms with Gasteiger partial charge in [-0.3, -0.25) is 4.79 Å². The molecule has 0 spiro atoms. The molecule has 0 unspecified atom stereocenters. The number of hydrogen-bond acceptors (Lipinski definition) is 2. The van der Waals surface area contributed by atoms with E-state index in [1.165, 1.54) is 5.56 Å². The van der Waals surface area contributed by atoms with Crippen molar-refractivity contribution in [3.05, 3.63) is 35.9 Å². The van der Waals surface area contributed by atoms with Crippen LogP contribution in [0.4, 0.5) is 0 Å². The van der Waals surface area contributed by atoms with Crippen molar-refractivity contribution in [1.29, 1.82) is 0 Å². The summed E-state index contributed by atoms with van der Waals surface area (Å²) in [7, 11) is 0. The highest BCUT2D eigenvalue weighted by atomic mass is 16.4. The Bertz CT molecular complexity index is 360.